The van der Waals surface area contributed by atoms with Crippen molar-refractivity contribution in [3.63, 3.8) is 0 Å². The number of hydrogen-bond acceptors (Lipinski definition) is 5. The molecule has 1 unspecified atom stereocenters. The zero-order valence-electron chi connectivity index (χ0n) is 13.3. The summed E-state index contributed by atoms with van der Waals surface area (Å²) < 4.78 is 1.72. The van der Waals surface area contributed by atoms with E-state index in [1.165, 1.54) is 6.42 Å². The lowest BCUT2D eigenvalue weighted by Crippen LogP contribution is -2.14. The number of carbonyl (C=O) groups is 1. The lowest BCUT2D eigenvalue weighted by molar-refractivity contribution is 0.102. The van der Waals surface area contributed by atoms with E-state index < -0.39 is 0 Å². The molecule has 23 heavy (non-hydrogen) atoms. The van der Waals surface area contributed by atoms with Crippen molar-refractivity contribution in [3.8, 4) is 0 Å². The molecule has 122 valence electrons. The summed E-state index contributed by atoms with van der Waals surface area (Å²) in [6, 6.07) is 1.91. The van der Waals surface area contributed by atoms with Gasteiger partial charge in [0.25, 0.3) is 5.91 Å². The molecule has 0 saturated carbocycles. The summed E-state index contributed by atoms with van der Waals surface area (Å²) >= 11 is 0. The van der Waals surface area contributed by atoms with Crippen LogP contribution in [0.2, 0.25) is 0 Å². The Labute approximate surface area is 135 Å². The average Bonchev–Trinajstić information content (AvgIpc) is 3.20. The molecule has 3 heterocycles. The molecule has 0 spiro atoms. The van der Waals surface area contributed by atoms with Gasteiger partial charge in [-0.1, -0.05) is 12.1 Å². The van der Waals surface area contributed by atoms with Gasteiger partial charge < -0.3 is 10.6 Å². The number of pyridine rings is 1. The highest BCUT2D eigenvalue weighted by atomic mass is 16.1. The van der Waals surface area contributed by atoms with E-state index in [0.717, 1.165) is 38.0 Å². The van der Waals surface area contributed by atoms with Crippen LogP contribution in [0, 0.1) is 5.92 Å². The first-order valence-electron chi connectivity index (χ1n) is 8.10. The second-order valence-corrected chi connectivity index (χ2v) is 5.97. The first-order valence-corrected chi connectivity index (χ1v) is 8.10. The molecule has 0 aromatic carbocycles. The van der Waals surface area contributed by atoms with Crippen LogP contribution >= 0.6 is 0 Å². The van der Waals surface area contributed by atoms with Crippen LogP contribution in [0.15, 0.2) is 24.7 Å². The minimum Gasteiger partial charge on any atom is -0.316 e. The fourth-order valence-electron chi connectivity index (χ4n) is 2.83. The average molecular weight is 314 g/mol. The SMILES string of the molecule is CCCn1cc(NC(=O)c2cncc(CC3CCNC3)c2)nn1. The van der Waals surface area contributed by atoms with Crippen molar-refractivity contribution in [2.75, 3.05) is 18.4 Å². The Balaban J connectivity index is 1.64. The van der Waals surface area contributed by atoms with Gasteiger partial charge in [0.05, 0.1) is 11.8 Å². The van der Waals surface area contributed by atoms with E-state index in [1.807, 2.05) is 12.3 Å². The summed E-state index contributed by atoms with van der Waals surface area (Å²) in [5.41, 5.74) is 1.65. The predicted octanol–water partition coefficient (Wildman–Crippen LogP) is 1.49. The molecule has 1 atom stereocenters. The second kappa shape index (κ2) is 7.32. The Kier molecular flexibility index (Phi) is 4.97. The van der Waals surface area contributed by atoms with Gasteiger partial charge in [-0.15, -0.1) is 5.10 Å². The Morgan fingerprint density at radius 2 is 2.39 bits per heavy atom. The molecule has 2 N–H and O–H groups in total. The number of amides is 1. The molecule has 7 heteroatoms. The summed E-state index contributed by atoms with van der Waals surface area (Å²) in [5.74, 6) is 0.894. The van der Waals surface area contributed by atoms with Gasteiger partial charge >= 0.3 is 0 Å². The Hall–Kier alpha value is -2.28. The second-order valence-electron chi connectivity index (χ2n) is 5.97. The van der Waals surface area contributed by atoms with Crippen LogP contribution in [0.5, 0.6) is 0 Å². The normalized spacial score (nSPS) is 17.3. The highest BCUT2D eigenvalue weighted by Crippen LogP contribution is 2.16. The van der Waals surface area contributed by atoms with E-state index in [1.54, 1.807) is 17.1 Å². The number of aryl methyl sites for hydroxylation is 1. The number of nitrogens with zero attached hydrogens (tertiary/aromatic N) is 4. The van der Waals surface area contributed by atoms with Gasteiger partial charge in [0.1, 0.15) is 0 Å². The number of anilines is 1. The molecule has 1 amide bonds. The summed E-state index contributed by atoms with van der Waals surface area (Å²) in [7, 11) is 0. The van der Waals surface area contributed by atoms with Gasteiger partial charge in [0.15, 0.2) is 5.82 Å². The van der Waals surface area contributed by atoms with Crippen molar-refractivity contribution >= 4 is 11.7 Å². The van der Waals surface area contributed by atoms with Gasteiger partial charge in [-0.2, -0.15) is 0 Å². The molecule has 2 aromatic rings. The van der Waals surface area contributed by atoms with Gasteiger partial charge in [-0.05, 0) is 49.9 Å². The smallest absolute Gasteiger partial charge is 0.258 e. The fourth-order valence-corrected chi connectivity index (χ4v) is 2.83. The Morgan fingerprint density at radius 3 is 3.17 bits per heavy atom. The molecule has 1 aliphatic rings. The molecular formula is C16H22N6O. The number of aromatic nitrogens is 4. The Bertz CT molecular complexity index is 662. The third kappa shape index (κ3) is 4.13. The molecule has 1 fully saturated rings. The van der Waals surface area contributed by atoms with E-state index in [4.69, 9.17) is 0 Å². The van der Waals surface area contributed by atoms with Crippen molar-refractivity contribution in [2.45, 2.75) is 32.7 Å². The summed E-state index contributed by atoms with van der Waals surface area (Å²) in [5, 5.41) is 14.1. The largest absolute Gasteiger partial charge is 0.316 e. The van der Waals surface area contributed by atoms with E-state index in [2.05, 4.69) is 32.9 Å². The van der Waals surface area contributed by atoms with Crippen LogP contribution in [-0.2, 0) is 13.0 Å². The molecule has 0 aliphatic carbocycles. The zero-order valence-corrected chi connectivity index (χ0v) is 13.3. The molecule has 0 bridgehead atoms. The summed E-state index contributed by atoms with van der Waals surface area (Å²) in [6.07, 6.45) is 8.27. The molecule has 0 radical (unpaired) electrons. The quantitative estimate of drug-likeness (QED) is 0.844. The first-order chi connectivity index (χ1) is 11.2. The van der Waals surface area contributed by atoms with Crippen LogP contribution in [0.1, 0.15) is 35.7 Å². The molecular weight excluding hydrogens is 292 g/mol. The van der Waals surface area contributed by atoms with Crippen LogP contribution in [0.3, 0.4) is 0 Å². The zero-order chi connectivity index (χ0) is 16.1. The van der Waals surface area contributed by atoms with Crippen molar-refractivity contribution in [1.29, 1.82) is 0 Å². The summed E-state index contributed by atoms with van der Waals surface area (Å²) in [4.78, 5) is 16.5. The molecule has 7 nitrogen and oxygen atoms in total. The number of rotatable bonds is 6. The van der Waals surface area contributed by atoms with E-state index in [0.29, 0.717) is 17.3 Å². The van der Waals surface area contributed by atoms with E-state index in [9.17, 15) is 4.79 Å². The standard InChI is InChI=1S/C16H22N6O/c1-2-5-22-11-15(20-21-22)19-16(23)14-7-13(9-18-10-14)6-12-3-4-17-8-12/h7,9-12,17H,2-6,8H2,1H3,(H,19,23). The number of hydrogen-bond donors (Lipinski definition) is 2. The molecule has 2 aromatic heterocycles. The van der Waals surface area contributed by atoms with E-state index >= 15 is 0 Å². The number of carbonyl (C=O) groups excluding carboxylic acids is 1. The number of nitrogens with one attached hydrogen (secondary N) is 2. The fraction of sp³-hybridized carbons (Fsp3) is 0.500. The predicted molar refractivity (Wildman–Crippen MR) is 87.2 cm³/mol. The maximum absolute atomic E-state index is 12.3. The molecule has 3 rings (SSSR count). The van der Waals surface area contributed by atoms with Crippen LogP contribution in [-0.4, -0.2) is 39.0 Å². The molecule has 1 aliphatic heterocycles. The Morgan fingerprint density at radius 1 is 1.48 bits per heavy atom. The van der Waals surface area contributed by atoms with Crippen LogP contribution < -0.4 is 10.6 Å². The molecule has 1 saturated heterocycles. The highest BCUT2D eigenvalue weighted by Gasteiger charge is 2.16. The van der Waals surface area contributed by atoms with Crippen LogP contribution in [0.25, 0.3) is 0 Å². The maximum Gasteiger partial charge on any atom is 0.258 e. The van der Waals surface area contributed by atoms with Gasteiger partial charge in [-0.3, -0.25) is 14.5 Å². The summed E-state index contributed by atoms with van der Waals surface area (Å²) in [6.45, 7) is 4.97. The third-order valence-electron chi connectivity index (χ3n) is 3.98. The van der Waals surface area contributed by atoms with Crippen molar-refractivity contribution < 1.29 is 4.79 Å². The monoisotopic (exact) mass is 314 g/mol. The van der Waals surface area contributed by atoms with E-state index in [-0.39, 0.29) is 5.91 Å². The van der Waals surface area contributed by atoms with Crippen LogP contribution in [0.4, 0.5) is 5.82 Å². The third-order valence-corrected chi connectivity index (χ3v) is 3.98. The minimum absolute atomic E-state index is 0.201. The first kappa shape index (κ1) is 15.6. The van der Waals surface area contributed by atoms with Crippen molar-refractivity contribution in [2.24, 2.45) is 5.92 Å². The maximum atomic E-state index is 12.3. The topological polar surface area (TPSA) is 84.7 Å². The lowest BCUT2D eigenvalue weighted by Gasteiger charge is -2.09. The van der Waals surface area contributed by atoms with Gasteiger partial charge in [0, 0.05) is 18.9 Å². The van der Waals surface area contributed by atoms with Crippen molar-refractivity contribution in [3.05, 3.63) is 35.8 Å². The highest BCUT2D eigenvalue weighted by molar-refractivity contribution is 6.03. The van der Waals surface area contributed by atoms with Gasteiger partial charge in [-0.25, -0.2) is 0 Å². The van der Waals surface area contributed by atoms with Gasteiger partial charge in [0.2, 0.25) is 0 Å². The lowest BCUT2D eigenvalue weighted by atomic mass is 9.99. The minimum atomic E-state index is -0.201. The van der Waals surface area contributed by atoms with Crippen molar-refractivity contribution in [1.82, 2.24) is 25.3 Å².